The van der Waals surface area contributed by atoms with Gasteiger partial charge in [-0.3, -0.25) is 4.98 Å². The van der Waals surface area contributed by atoms with Crippen molar-refractivity contribution in [1.82, 2.24) is 10.3 Å². The largest absolute Gasteiger partial charge is 0.312 e. The van der Waals surface area contributed by atoms with Gasteiger partial charge in [0.25, 0.3) is 0 Å². The summed E-state index contributed by atoms with van der Waals surface area (Å²) >= 11 is 1.90. The fourth-order valence-corrected chi connectivity index (χ4v) is 3.17. The van der Waals surface area contributed by atoms with E-state index in [1.54, 1.807) is 0 Å². The fraction of sp³-hybridized carbons (Fsp3) is 0.438. The van der Waals surface area contributed by atoms with E-state index in [2.05, 4.69) is 48.4 Å². The fourth-order valence-electron chi connectivity index (χ4n) is 2.11. The lowest BCUT2D eigenvalue weighted by Gasteiger charge is -2.14. The summed E-state index contributed by atoms with van der Waals surface area (Å²) in [7, 11) is 2.02. The van der Waals surface area contributed by atoms with Gasteiger partial charge in [0.05, 0.1) is 0 Å². The molecule has 2 nitrogen and oxygen atoms in total. The SMILES string of the molecule is CCc1ccc(CC(NC)c2ccc(CC)s2)nc1. The molecule has 2 heterocycles. The zero-order valence-electron chi connectivity index (χ0n) is 11.9. The van der Waals surface area contributed by atoms with Gasteiger partial charge in [-0.25, -0.2) is 0 Å². The molecule has 0 aliphatic rings. The minimum Gasteiger partial charge on any atom is -0.312 e. The van der Waals surface area contributed by atoms with Gasteiger partial charge in [0.2, 0.25) is 0 Å². The van der Waals surface area contributed by atoms with Gasteiger partial charge in [-0.05, 0) is 43.7 Å². The van der Waals surface area contributed by atoms with Crippen LogP contribution in [0.15, 0.2) is 30.5 Å². The van der Waals surface area contributed by atoms with Crippen LogP contribution in [0.25, 0.3) is 0 Å². The number of nitrogens with zero attached hydrogens (tertiary/aromatic N) is 1. The van der Waals surface area contributed by atoms with Crippen LogP contribution in [0.2, 0.25) is 0 Å². The van der Waals surface area contributed by atoms with Gasteiger partial charge in [-0.1, -0.05) is 19.9 Å². The first-order valence-electron chi connectivity index (χ1n) is 6.96. The predicted octanol–water partition coefficient (Wildman–Crippen LogP) is 3.77. The smallest absolute Gasteiger partial charge is 0.0468 e. The molecule has 0 aromatic carbocycles. The highest BCUT2D eigenvalue weighted by Gasteiger charge is 2.13. The number of thiophene rings is 1. The summed E-state index contributed by atoms with van der Waals surface area (Å²) < 4.78 is 0. The molecule has 0 aliphatic heterocycles. The second kappa shape index (κ2) is 6.83. The van der Waals surface area contributed by atoms with Crippen molar-refractivity contribution in [3.63, 3.8) is 0 Å². The van der Waals surface area contributed by atoms with Crippen molar-refractivity contribution in [3.8, 4) is 0 Å². The standard InChI is InChI=1S/C16H22N2S/c1-4-12-6-7-13(18-11-12)10-15(17-3)16-9-8-14(5-2)19-16/h6-9,11,15,17H,4-5,10H2,1-3H3. The average Bonchev–Trinajstić information content (AvgIpc) is 2.94. The van der Waals surface area contributed by atoms with Gasteiger partial charge in [-0.2, -0.15) is 0 Å². The molecule has 2 aromatic heterocycles. The normalized spacial score (nSPS) is 12.6. The van der Waals surface area contributed by atoms with Crippen molar-refractivity contribution in [2.45, 2.75) is 39.2 Å². The molecule has 2 aromatic rings. The monoisotopic (exact) mass is 274 g/mol. The highest BCUT2D eigenvalue weighted by atomic mass is 32.1. The summed E-state index contributed by atoms with van der Waals surface area (Å²) in [4.78, 5) is 7.41. The summed E-state index contributed by atoms with van der Waals surface area (Å²) in [6, 6.07) is 9.17. The maximum absolute atomic E-state index is 4.55. The Kier molecular flexibility index (Phi) is 5.11. The maximum atomic E-state index is 4.55. The Morgan fingerprint density at radius 1 is 1.16 bits per heavy atom. The molecule has 0 aliphatic carbocycles. The number of nitrogens with one attached hydrogen (secondary N) is 1. The number of hydrogen-bond acceptors (Lipinski definition) is 3. The number of hydrogen-bond donors (Lipinski definition) is 1. The van der Waals surface area contributed by atoms with Crippen molar-refractivity contribution < 1.29 is 0 Å². The summed E-state index contributed by atoms with van der Waals surface area (Å²) in [6.07, 6.45) is 5.11. The number of pyridine rings is 1. The summed E-state index contributed by atoms with van der Waals surface area (Å²) in [5, 5.41) is 3.40. The summed E-state index contributed by atoms with van der Waals surface area (Å²) in [5.74, 6) is 0. The van der Waals surface area contributed by atoms with Crippen molar-refractivity contribution in [3.05, 3.63) is 51.5 Å². The lowest BCUT2D eigenvalue weighted by Crippen LogP contribution is -2.18. The van der Waals surface area contributed by atoms with Crippen LogP contribution in [0.1, 0.15) is 40.9 Å². The van der Waals surface area contributed by atoms with E-state index in [-0.39, 0.29) is 0 Å². The van der Waals surface area contributed by atoms with Crippen molar-refractivity contribution in [1.29, 1.82) is 0 Å². The molecule has 0 saturated heterocycles. The van der Waals surface area contributed by atoms with Crippen LogP contribution in [0.3, 0.4) is 0 Å². The van der Waals surface area contributed by atoms with Crippen LogP contribution in [-0.4, -0.2) is 12.0 Å². The summed E-state index contributed by atoms with van der Waals surface area (Å²) in [6.45, 7) is 4.36. The Bertz CT molecular complexity index is 502. The lowest BCUT2D eigenvalue weighted by atomic mass is 10.1. The second-order valence-electron chi connectivity index (χ2n) is 4.71. The molecule has 2 rings (SSSR count). The van der Waals surface area contributed by atoms with E-state index in [1.807, 2.05) is 24.6 Å². The van der Waals surface area contributed by atoms with E-state index in [1.165, 1.54) is 15.3 Å². The Hall–Kier alpha value is -1.19. The van der Waals surface area contributed by atoms with E-state index in [0.29, 0.717) is 6.04 Å². The molecular weight excluding hydrogens is 252 g/mol. The van der Waals surface area contributed by atoms with Gasteiger partial charge in [0.15, 0.2) is 0 Å². The number of likely N-dealkylation sites (N-methyl/N-ethyl adjacent to an activating group) is 1. The highest BCUT2D eigenvalue weighted by Crippen LogP contribution is 2.25. The van der Waals surface area contributed by atoms with E-state index in [4.69, 9.17) is 0 Å². The Balaban J connectivity index is 2.09. The quantitative estimate of drug-likeness (QED) is 0.867. The highest BCUT2D eigenvalue weighted by molar-refractivity contribution is 7.12. The van der Waals surface area contributed by atoms with E-state index in [9.17, 15) is 0 Å². The topological polar surface area (TPSA) is 24.9 Å². The molecule has 0 saturated carbocycles. The van der Waals surface area contributed by atoms with E-state index in [0.717, 1.165) is 25.0 Å². The second-order valence-corrected chi connectivity index (χ2v) is 5.91. The average molecular weight is 274 g/mol. The van der Waals surface area contributed by atoms with Crippen molar-refractivity contribution in [2.75, 3.05) is 7.05 Å². The molecule has 1 atom stereocenters. The first-order valence-corrected chi connectivity index (χ1v) is 7.78. The van der Waals surface area contributed by atoms with Gasteiger partial charge < -0.3 is 5.32 Å². The van der Waals surface area contributed by atoms with Crippen molar-refractivity contribution in [2.24, 2.45) is 0 Å². The van der Waals surface area contributed by atoms with Crippen LogP contribution in [-0.2, 0) is 19.3 Å². The van der Waals surface area contributed by atoms with E-state index >= 15 is 0 Å². The lowest BCUT2D eigenvalue weighted by molar-refractivity contribution is 0.594. The summed E-state index contributed by atoms with van der Waals surface area (Å²) in [5.41, 5.74) is 2.46. The molecular formula is C16H22N2S. The Labute approximate surface area is 119 Å². The van der Waals surface area contributed by atoms with Crippen molar-refractivity contribution >= 4 is 11.3 Å². The molecule has 19 heavy (non-hydrogen) atoms. The van der Waals surface area contributed by atoms with E-state index < -0.39 is 0 Å². The number of aromatic nitrogens is 1. The molecule has 1 unspecified atom stereocenters. The van der Waals surface area contributed by atoms with Gasteiger partial charge >= 0.3 is 0 Å². The predicted molar refractivity (Wildman–Crippen MR) is 82.8 cm³/mol. The Morgan fingerprint density at radius 2 is 2.00 bits per heavy atom. The molecule has 0 radical (unpaired) electrons. The van der Waals surface area contributed by atoms with Crippen LogP contribution < -0.4 is 5.32 Å². The zero-order chi connectivity index (χ0) is 13.7. The molecule has 3 heteroatoms. The minimum absolute atomic E-state index is 0.366. The molecule has 0 fully saturated rings. The van der Waals surface area contributed by atoms with Crippen LogP contribution >= 0.6 is 11.3 Å². The molecule has 0 bridgehead atoms. The minimum atomic E-state index is 0.366. The van der Waals surface area contributed by atoms with Gasteiger partial charge in [0, 0.05) is 34.1 Å². The zero-order valence-corrected chi connectivity index (χ0v) is 12.8. The van der Waals surface area contributed by atoms with Crippen LogP contribution in [0.5, 0.6) is 0 Å². The number of aryl methyl sites for hydroxylation is 2. The molecule has 1 N–H and O–H groups in total. The Morgan fingerprint density at radius 3 is 2.53 bits per heavy atom. The van der Waals surface area contributed by atoms with Gasteiger partial charge in [0.1, 0.15) is 0 Å². The van der Waals surface area contributed by atoms with Crippen LogP contribution in [0, 0.1) is 0 Å². The molecule has 0 spiro atoms. The van der Waals surface area contributed by atoms with Crippen LogP contribution in [0.4, 0.5) is 0 Å². The number of rotatable bonds is 6. The third-order valence-electron chi connectivity index (χ3n) is 3.43. The molecule has 0 amide bonds. The third-order valence-corrected chi connectivity index (χ3v) is 4.77. The first-order chi connectivity index (χ1) is 9.26. The first kappa shape index (κ1) is 14.2. The van der Waals surface area contributed by atoms with Gasteiger partial charge in [-0.15, -0.1) is 11.3 Å². The molecule has 102 valence electrons. The maximum Gasteiger partial charge on any atom is 0.0468 e. The third kappa shape index (κ3) is 3.64.